The molecule has 1 aliphatic heterocycles. The van der Waals surface area contributed by atoms with Crippen LogP contribution in [0, 0.1) is 5.41 Å². The molecule has 1 saturated heterocycles. The third-order valence-corrected chi connectivity index (χ3v) is 3.45. The molecule has 0 saturated carbocycles. The Hall–Kier alpha value is -0.770. The van der Waals surface area contributed by atoms with Crippen molar-refractivity contribution in [3.05, 3.63) is 0 Å². The minimum atomic E-state index is -0.845. The maximum absolute atomic E-state index is 11.1. The zero-order valence-corrected chi connectivity index (χ0v) is 9.21. The molecule has 0 aromatic rings. The number of nitrogens with two attached hydrogens (primary N) is 1. The summed E-state index contributed by atoms with van der Waals surface area (Å²) in [5.74, 6) is 0. The lowest BCUT2D eigenvalue weighted by Gasteiger charge is -2.46. The van der Waals surface area contributed by atoms with Crippen molar-refractivity contribution in [3.63, 3.8) is 0 Å². The smallest absolute Gasteiger partial charge is 0.407 e. The van der Waals surface area contributed by atoms with Gasteiger partial charge in [0.1, 0.15) is 0 Å². The number of rotatable bonds is 1. The first kappa shape index (κ1) is 11.3. The summed E-state index contributed by atoms with van der Waals surface area (Å²) in [4.78, 5) is 12.6. The molecule has 1 aliphatic rings. The maximum atomic E-state index is 11.1. The van der Waals surface area contributed by atoms with E-state index >= 15 is 0 Å². The highest BCUT2D eigenvalue weighted by molar-refractivity contribution is 5.67. The topological polar surface area (TPSA) is 66.6 Å². The van der Waals surface area contributed by atoms with E-state index in [4.69, 9.17) is 10.8 Å². The molecule has 0 spiro atoms. The van der Waals surface area contributed by atoms with Gasteiger partial charge < -0.3 is 15.7 Å². The number of hydrogen-bond acceptors (Lipinski definition) is 2. The summed E-state index contributed by atoms with van der Waals surface area (Å²) in [7, 11) is 0. The first-order valence-corrected chi connectivity index (χ1v) is 5.06. The number of likely N-dealkylation sites (tertiary alicyclic amines) is 1. The number of carbonyl (C=O) groups is 1. The molecule has 1 heterocycles. The fourth-order valence-electron chi connectivity index (χ4n) is 2.46. The molecule has 4 heteroatoms. The van der Waals surface area contributed by atoms with E-state index in [2.05, 4.69) is 20.8 Å². The molecule has 1 rings (SSSR count). The standard InChI is InChI=1S/C10H20N2O2/c1-9(2,3)10(7-11)5-4-6-12(10)8(13)14/h4-7,11H2,1-3H3,(H,13,14). The van der Waals surface area contributed by atoms with Crippen molar-refractivity contribution in [1.29, 1.82) is 0 Å². The number of carboxylic acid groups (broad SMARTS) is 1. The molecule has 82 valence electrons. The molecule has 1 unspecified atom stereocenters. The summed E-state index contributed by atoms with van der Waals surface area (Å²) in [6.07, 6.45) is 0.947. The van der Waals surface area contributed by atoms with Crippen LogP contribution < -0.4 is 5.73 Å². The molecule has 0 bridgehead atoms. The van der Waals surface area contributed by atoms with Crippen molar-refractivity contribution >= 4 is 6.09 Å². The predicted molar refractivity (Wildman–Crippen MR) is 55.2 cm³/mol. The van der Waals surface area contributed by atoms with E-state index in [9.17, 15) is 4.79 Å². The van der Waals surface area contributed by atoms with Gasteiger partial charge in [0.25, 0.3) is 0 Å². The Kier molecular flexibility index (Phi) is 2.76. The second-order valence-electron chi connectivity index (χ2n) is 5.02. The van der Waals surface area contributed by atoms with Crippen molar-refractivity contribution in [2.75, 3.05) is 13.1 Å². The Morgan fingerprint density at radius 3 is 2.43 bits per heavy atom. The van der Waals surface area contributed by atoms with E-state index in [-0.39, 0.29) is 11.0 Å². The monoisotopic (exact) mass is 200 g/mol. The number of hydrogen-bond donors (Lipinski definition) is 2. The van der Waals surface area contributed by atoms with Gasteiger partial charge in [-0.25, -0.2) is 4.79 Å². The summed E-state index contributed by atoms with van der Waals surface area (Å²) in [5.41, 5.74) is 5.30. The second-order valence-corrected chi connectivity index (χ2v) is 5.02. The molecule has 0 aromatic heterocycles. The molecule has 1 fully saturated rings. The Labute approximate surface area is 85.1 Å². The van der Waals surface area contributed by atoms with Gasteiger partial charge in [0.2, 0.25) is 0 Å². The quantitative estimate of drug-likeness (QED) is 0.674. The molecule has 0 aromatic carbocycles. The summed E-state index contributed by atoms with van der Waals surface area (Å²) < 4.78 is 0. The van der Waals surface area contributed by atoms with E-state index in [1.807, 2.05) is 0 Å². The lowest BCUT2D eigenvalue weighted by atomic mass is 9.72. The van der Waals surface area contributed by atoms with Crippen molar-refractivity contribution in [2.24, 2.45) is 11.1 Å². The Morgan fingerprint density at radius 2 is 2.14 bits per heavy atom. The van der Waals surface area contributed by atoms with E-state index < -0.39 is 6.09 Å². The highest BCUT2D eigenvalue weighted by atomic mass is 16.4. The van der Waals surface area contributed by atoms with E-state index in [1.165, 1.54) is 4.90 Å². The highest BCUT2D eigenvalue weighted by Gasteiger charge is 2.50. The molecule has 1 amide bonds. The van der Waals surface area contributed by atoms with E-state index in [1.54, 1.807) is 0 Å². The molecule has 1 atom stereocenters. The van der Waals surface area contributed by atoms with Crippen LogP contribution in [0.3, 0.4) is 0 Å². The normalized spacial score (nSPS) is 28.1. The Morgan fingerprint density at radius 1 is 1.57 bits per heavy atom. The van der Waals surface area contributed by atoms with Crippen LogP contribution in [-0.4, -0.2) is 34.7 Å². The SMILES string of the molecule is CC(C)(C)C1(CN)CCCN1C(=O)O. The first-order chi connectivity index (χ1) is 6.35. The van der Waals surface area contributed by atoms with Crippen LogP contribution in [0.15, 0.2) is 0 Å². The van der Waals surface area contributed by atoms with Gasteiger partial charge >= 0.3 is 6.09 Å². The van der Waals surface area contributed by atoms with Crippen LogP contribution in [0.1, 0.15) is 33.6 Å². The summed E-state index contributed by atoms with van der Waals surface area (Å²) in [6.45, 7) is 7.19. The van der Waals surface area contributed by atoms with Gasteiger partial charge in [-0.15, -0.1) is 0 Å². The van der Waals surface area contributed by atoms with Gasteiger partial charge in [0.05, 0.1) is 5.54 Å². The molecule has 3 N–H and O–H groups in total. The van der Waals surface area contributed by atoms with Crippen molar-refractivity contribution in [2.45, 2.75) is 39.2 Å². The molecular formula is C10H20N2O2. The van der Waals surface area contributed by atoms with Gasteiger partial charge in [-0.1, -0.05) is 20.8 Å². The first-order valence-electron chi connectivity index (χ1n) is 5.06. The Bertz CT molecular complexity index is 235. The van der Waals surface area contributed by atoms with Crippen LogP contribution in [0.25, 0.3) is 0 Å². The lowest BCUT2D eigenvalue weighted by Crippen LogP contribution is -2.59. The van der Waals surface area contributed by atoms with Gasteiger partial charge in [-0.05, 0) is 18.3 Å². The Balaban J connectivity index is 3.04. The molecule has 0 radical (unpaired) electrons. The third kappa shape index (κ3) is 1.47. The van der Waals surface area contributed by atoms with Crippen LogP contribution in [0.5, 0.6) is 0 Å². The average Bonchev–Trinajstić information content (AvgIpc) is 2.46. The van der Waals surface area contributed by atoms with Crippen LogP contribution in [0.4, 0.5) is 4.79 Å². The van der Waals surface area contributed by atoms with Crippen LogP contribution >= 0.6 is 0 Å². The summed E-state index contributed by atoms with van der Waals surface area (Å²) >= 11 is 0. The minimum Gasteiger partial charge on any atom is -0.465 e. The summed E-state index contributed by atoms with van der Waals surface area (Å²) in [6, 6.07) is 0. The number of amides is 1. The fraction of sp³-hybridized carbons (Fsp3) is 0.900. The van der Waals surface area contributed by atoms with Gasteiger partial charge in [-0.2, -0.15) is 0 Å². The zero-order valence-electron chi connectivity index (χ0n) is 9.21. The fourth-order valence-corrected chi connectivity index (χ4v) is 2.46. The molecular weight excluding hydrogens is 180 g/mol. The average molecular weight is 200 g/mol. The van der Waals surface area contributed by atoms with Gasteiger partial charge in [0.15, 0.2) is 0 Å². The van der Waals surface area contributed by atoms with E-state index in [0.29, 0.717) is 13.1 Å². The maximum Gasteiger partial charge on any atom is 0.407 e. The van der Waals surface area contributed by atoms with Crippen molar-refractivity contribution in [3.8, 4) is 0 Å². The molecule has 14 heavy (non-hydrogen) atoms. The second kappa shape index (κ2) is 3.42. The largest absolute Gasteiger partial charge is 0.465 e. The minimum absolute atomic E-state index is 0.101. The van der Waals surface area contributed by atoms with Crippen LogP contribution in [-0.2, 0) is 0 Å². The lowest BCUT2D eigenvalue weighted by molar-refractivity contribution is 0.0370. The van der Waals surface area contributed by atoms with Crippen molar-refractivity contribution in [1.82, 2.24) is 4.90 Å². The van der Waals surface area contributed by atoms with Crippen molar-refractivity contribution < 1.29 is 9.90 Å². The number of nitrogens with zero attached hydrogens (tertiary/aromatic N) is 1. The molecule has 4 nitrogen and oxygen atoms in total. The predicted octanol–water partition coefficient (Wildman–Crippen LogP) is 1.50. The van der Waals surface area contributed by atoms with Crippen LogP contribution in [0.2, 0.25) is 0 Å². The van der Waals surface area contributed by atoms with E-state index in [0.717, 1.165) is 12.8 Å². The van der Waals surface area contributed by atoms with Gasteiger partial charge in [0, 0.05) is 13.1 Å². The summed E-state index contributed by atoms with van der Waals surface area (Å²) in [5, 5.41) is 9.11. The van der Waals surface area contributed by atoms with Gasteiger partial charge in [-0.3, -0.25) is 0 Å². The third-order valence-electron chi connectivity index (χ3n) is 3.45. The molecule has 0 aliphatic carbocycles. The highest BCUT2D eigenvalue weighted by Crippen LogP contribution is 2.42. The zero-order chi connectivity index (χ0) is 11.0.